The highest BCUT2D eigenvalue weighted by atomic mass is 79.9. The summed E-state index contributed by atoms with van der Waals surface area (Å²) in [5.41, 5.74) is 0.378. The molecule has 0 amide bonds. The quantitative estimate of drug-likeness (QED) is 0.606. The number of hydrogen-bond donors (Lipinski definition) is 0. The average molecular weight is 352 g/mol. The molecule has 3 heteroatoms. The third kappa shape index (κ3) is 2.34. The molecule has 1 aromatic heterocycles. The van der Waals surface area contributed by atoms with E-state index >= 15 is 0 Å². The molecule has 0 bridgehead atoms. The largest absolute Gasteiger partial charge is 0.132 e. The Kier molecular flexibility index (Phi) is 3.64. The van der Waals surface area contributed by atoms with E-state index in [0.717, 1.165) is 5.92 Å². The third-order valence-electron chi connectivity index (χ3n) is 3.65. The number of alkyl halides is 1. The van der Waals surface area contributed by atoms with E-state index in [-0.39, 0.29) is 0 Å². The van der Waals surface area contributed by atoms with Gasteiger partial charge in [-0.3, -0.25) is 0 Å². The predicted molar refractivity (Wildman–Crippen MR) is 74.8 cm³/mol. The maximum absolute atomic E-state index is 3.89. The summed E-state index contributed by atoms with van der Waals surface area (Å²) < 4.78 is 1.23. The molecule has 1 aromatic rings. The van der Waals surface area contributed by atoms with Crippen LogP contribution in [0, 0.1) is 11.3 Å². The van der Waals surface area contributed by atoms with Crippen LogP contribution in [-0.4, -0.2) is 0 Å². The first kappa shape index (κ1) is 12.1. The predicted octanol–water partition coefficient (Wildman–Crippen LogP) is 5.77. The van der Waals surface area contributed by atoms with Crippen molar-refractivity contribution in [1.29, 1.82) is 0 Å². The molecule has 1 saturated carbocycles. The van der Waals surface area contributed by atoms with Crippen molar-refractivity contribution in [2.75, 3.05) is 0 Å². The highest BCUT2D eigenvalue weighted by Gasteiger charge is 2.40. The van der Waals surface area contributed by atoms with Crippen LogP contribution in [0.3, 0.4) is 0 Å². The Morgan fingerprint density at radius 2 is 2.07 bits per heavy atom. The lowest BCUT2D eigenvalue weighted by Crippen LogP contribution is -2.32. The van der Waals surface area contributed by atoms with Gasteiger partial charge in [0.05, 0.1) is 8.61 Å². The van der Waals surface area contributed by atoms with Crippen LogP contribution in [0.4, 0.5) is 0 Å². The van der Waals surface area contributed by atoms with Gasteiger partial charge in [-0.05, 0) is 52.2 Å². The first-order valence-corrected chi connectivity index (χ1v) is 7.93. The molecule has 0 radical (unpaired) electrons. The summed E-state index contributed by atoms with van der Waals surface area (Å²) >= 11 is 9.26. The second-order valence-corrected chi connectivity index (χ2v) is 8.36. The van der Waals surface area contributed by atoms with Crippen molar-refractivity contribution in [3.63, 3.8) is 0 Å². The maximum atomic E-state index is 3.89. The van der Waals surface area contributed by atoms with Crippen LogP contribution in [0.25, 0.3) is 0 Å². The Balaban J connectivity index is 2.15. The fourth-order valence-corrected chi connectivity index (χ4v) is 4.59. The molecular formula is C12H16Br2S. The van der Waals surface area contributed by atoms with Gasteiger partial charge < -0.3 is 0 Å². The molecule has 0 aliphatic heterocycles. The molecule has 1 aliphatic rings. The number of halogens is 2. The van der Waals surface area contributed by atoms with Gasteiger partial charge in [0, 0.05) is 4.88 Å². The SMILES string of the molecule is CC(C)(C1CCC1)C(Br)c1ccc(Br)s1. The van der Waals surface area contributed by atoms with Crippen LogP contribution in [0.5, 0.6) is 0 Å². The van der Waals surface area contributed by atoms with Crippen molar-refractivity contribution in [1.82, 2.24) is 0 Å². The normalized spacial score (nSPS) is 20.0. The van der Waals surface area contributed by atoms with E-state index in [1.165, 1.54) is 27.9 Å². The molecule has 84 valence electrons. The van der Waals surface area contributed by atoms with E-state index in [2.05, 4.69) is 57.8 Å². The maximum Gasteiger partial charge on any atom is 0.0701 e. The fourth-order valence-electron chi connectivity index (χ4n) is 2.19. The summed E-state index contributed by atoms with van der Waals surface area (Å²) in [7, 11) is 0. The van der Waals surface area contributed by atoms with Gasteiger partial charge in [-0.25, -0.2) is 0 Å². The molecule has 0 aromatic carbocycles. The molecule has 1 unspecified atom stereocenters. The lowest BCUT2D eigenvalue weighted by molar-refractivity contribution is 0.120. The summed E-state index contributed by atoms with van der Waals surface area (Å²) in [6.07, 6.45) is 4.23. The van der Waals surface area contributed by atoms with Gasteiger partial charge in [0.25, 0.3) is 0 Å². The van der Waals surface area contributed by atoms with Crippen LogP contribution in [0.2, 0.25) is 0 Å². The van der Waals surface area contributed by atoms with Crippen molar-refractivity contribution in [3.8, 4) is 0 Å². The van der Waals surface area contributed by atoms with E-state index in [1.807, 2.05) is 11.3 Å². The number of hydrogen-bond acceptors (Lipinski definition) is 1. The third-order valence-corrected chi connectivity index (χ3v) is 7.32. The Bertz CT molecular complexity index is 339. The van der Waals surface area contributed by atoms with Gasteiger partial charge in [0.1, 0.15) is 0 Å². The summed E-state index contributed by atoms with van der Waals surface area (Å²) in [5.74, 6) is 0.891. The van der Waals surface area contributed by atoms with Crippen LogP contribution in [-0.2, 0) is 0 Å². The van der Waals surface area contributed by atoms with Gasteiger partial charge in [0.2, 0.25) is 0 Å². The monoisotopic (exact) mass is 350 g/mol. The van der Waals surface area contributed by atoms with Gasteiger partial charge in [0.15, 0.2) is 0 Å². The minimum absolute atomic E-state index is 0.378. The average Bonchev–Trinajstić information content (AvgIpc) is 2.46. The summed E-state index contributed by atoms with van der Waals surface area (Å²) in [6.45, 7) is 4.79. The van der Waals surface area contributed by atoms with Crippen LogP contribution in [0.1, 0.15) is 42.8 Å². The van der Waals surface area contributed by atoms with E-state index < -0.39 is 0 Å². The Hall–Kier alpha value is 0.660. The van der Waals surface area contributed by atoms with E-state index in [0.29, 0.717) is 10.2 Å². The molecule has 0 saturated heterocycles. The highest BCUT2D eigenvalue weighted by Crippen LogP contribution is 2.53. The van der Waals surface area contributed by atoms with Crippen molar-refractivity contribution in [2.24, 2.45) is 11.3 Å². The van der Waals surface area contributed by atoms with E-state index in [1.54, 1.807) is 0 Å². The molecular weight excluding hydrogens is 336 g/mol. The first-order valence-electron chi connectivity index (χ1n) is 5.41. The van der Waals surface area contributed by atoms with Crippen molar-refractivity contribution >= 4 is 43.2 Å². The lowest BCUT2D eigenvalue weighted by atomic mass is 9.65. The molecule has 15 heavy (non-hydrogen) atoms. The highest BCUT2D eigenvalue weighted by molar-refractivity contribution is 9.11. The van der Waals surface area contributed by atoms with Crippen LogP contribution >= 0.6 is 43.2 Å². The summed E-state index contributed by atoms with van der Waals surface area (Å²) in [5, 5.41) is 0. The minimum Gasteiger partial charge on any atom is -0.132 e. The van der Waals surface area contributed by atoms with Gasteiger partial charge in [-0.2, -0.15) is 0 Å². The van der Waals surface area contributed by atoms with Crippen LogP contribution in [0.15, 0.2) is 15.9 Å². The smallest absolute Gasteiger partial charge is 0.0701 e. The zero-order valence-electron chi connectivity index (χ0n) is 9.09. The van der Waals surface area contributed by atoms with Crippen LogP contribution < -0.4 is 0 Å². The zero-order chi connectivity index (χ0) is 11.1. The summed E-state index contributed by atoms with van der Waals surface area (Å²) in [6, 6.07) is 4.37. The van der Waals surface area contributed by atoms with Gasteiger partial charge in [-0.1, -0.05) is 36.2 Å². The van der Waals surface area contributed by atoms with Gasteiger partial charge >= 0.3 is 0 Å². The van der Waals surface area contributed by atoms with Gasteiger partial charge in [-0.15, -0.1) is 11.3 Å². The molecule has 1 heterocycles. The second-order valence-electron chi connectivity index (χ2n) is 4.95. The topological polar surface area (TPSA) is 0 Å². The van der Waals surface area contributed by atoms with Crippen molar-refractivity contribution < 1.29 is 0 Å². The molecule has 1 aliphatic carbocycles. The van der Waals surface area contributed by atoms with Crippen molar-refractivity contribution in [2.45, 2.75) is 37.9 Å². The number of thiophene rings is 1. The van der Waals surface area contributed by atoms with Crippen molar-refractivity contribution in [3.05, 3.63) is 20.8 Å². The molecule has 0 N–H and O–H groups in total. The Morgan fingerprint density at radius 1 is 1.40 bits per heavy atom. The lowest BCUT2D eigenvalue weighted by Gasteiger charge is -2.43. The molecule has 0 spiro atoms. The number of rotatable bonds is 3. The molecule has 1 atom stereocenters. The van der Waals surface area contributed by atoms with E-state index in [9.17, 15) is 0 Å². The Labute approximate surface area is 113 Å². The molecule has 0 nitrogen and oxygen atoms in total. The molecule has 2 rings (SSSR count). The first-order chi connectivity index (χ1) is 7.01. The molecule has 1 fully saturated rings. The zero-order valence-corrected chi connectivity index (χ0v) is 13.1. The fraction of sp³-hybridized carbons (Fsp3) is 0.667. The standard InChI is InChI=1S/C12H16Br2S/c1-12(2,8-4-3-5-8)11(14)9-6-7-10(13)15-9/h6-8,11H,3-5H2,1-2H3. The Morgan fingerprint density at radius 3 is 2.47 bits per heavy atom. The second kappa shape index (κ2) is 4.50. The summed E-state index contributed by atoms with van der Waals surface area (Å²) in [4.78, 5) is 1.94. The minimum atomic E-state index is 0.378. The van der Waals surface area contributed by atoms with E-state index in [4.69, 9.17) is 0 Å².